The van der Waals surface area contributed by atoms with Crippen LogP contribution in [0.4, 0.5) is 0 Å². The first kappa shape index (κ1) is 16.7. The van der Waals surface area contributed by atoms with Crippen molar-refractivity contribution in [2.75, 3.05) is 26.3 Å². The predicted molar refractivity (Wildman–Crippen MR) is 84.6 cm³/mol. The van der Waals surface area contributed by atoms with Crippen molar-refractivity contribution >= 4 is 11.8 Å². The number of ether oxygens (including phenoxy) is 2. The number of hydrogen-bond donors (Lipinski definition) is 0. The standard InChI is InChI=1S/C8H15NO.C8H13NO/c1-8(2,3)7-9-5-4-6-10-7;1-2-3-5-8-9-6-4-7-10-8/h4-6H2,1-3H3;2-3H,4-7H2,1H3. The summed E-state index contributed by atoms with van der Waals surface area (Å²) in [4.78, 5) is 8.51. The Balaban J connectivity index is 0.000000200. The van der Waals surface area contributed by atoms with E-state index >= 15 is 0 Å². The third-order valence-electron chi connectivity index (χ3n) is 2.83. The summed E-state index contributed by atoms with van der Waals surface area (Å²) in [6.45, 7) is 11.9. The topological polar surface area (TPSA) is 43.2 Å². The van der Waals surface area contributed by atoms with Gasteiger partial charge in [-0.25, -0.2) is 0 Å². The summed E-state index contributed by atoms with van der Waals surface area (Å²) in [6, 6.07) is 0. The Morgan fingerprint density at radius 2 is 1.70 bits per heavy atom. The molecule has 0 saturated heterocycles. The average Bonchev–Trinajstić information content (AvgIpc) is 2.47. The molecule has 0 aromatic carbocycles. The minimum Gasteiger partial charge on any atom is -0.481 e. The highest BCUT2D eigenvalue weighted by atomic mass is 16.5. The Morgan fingerprint density at radius 1 is 1.05 bits per heavy atom. The molecule has 0 bridgehead atoms. The maximum atomic E-state index is 5.39. The van der Waals surface area contributed by atoms with Gasteiger partial charge in [-0.05, 0) is 6.92 Å². The Kier molecular flexibility index (Phi) is 7.34. The number of rotatable bonds is 2. The molecule has 2 aliphatic heterocycles. The van der Waals surface area contributed by atoms with Gasteiger partial charge in [0.25, 0.3) is 0 Å². The van der Waals surface area contributed by atoms with Gasteiger partial charge >= 0.3 is 0 Å². The van der Waals surface area contributed by atoms with Crippen molar-refractivity contribution in [1.82, 2.24) is 0 Å². The molecule has 2 heterocycles. The fourth-order valence-corrected chi connectivity index (χ4v) is 1.76. The average molecular weight is 280 g/mol. The van der Waals surface area contributed by atoms with E-state index in [1.54, 1.807) is 0 Å². The molecule has 0 N–H and O–H groups in total. The van der Waals surface area contributed by atoms with E-state index in [1.165, 1.54) is 0 Å². The summed E-state index contributed by atoms with van der Waals surface area (Å²) < 4.78 is 10.7. The van der Waals surface area contributed by atoms with Gasteiger partial charge in [-0.3, -0.25) is 9.98 Å². The van der Waals surface area contributed by atoms with Gasteiger partial charge in [0.15, 0.2) is 11.8 Å². The zero-order valence-corrected chi connectivity index (χ0v) is 13.3. The van der Waals surface area contributed by atoms with Crippen molar-refractivity contribution in [1.29, 1.82) is 0 Å². The molecule has 0 radical (unpaired) electrons. The zero-order valence-electron chi connectivity index (χ0n) is 13.3. The van der Waals surface area contributed by atoms with Gasteiger partial charge < -0.3 is 9.47 Å². The van der Waals surface area contributed by atoms with Crippen LogP contribution in [0.15, 0.2) is 22.1 Å². The van der Waals surface area contributed by atoms with Gasteiger partial charge in [0, 0.05) is 37.8 Å². The fourth-order valence-electron chi connectivity index (χ4n) is 1.76. The van der Waals surface area contributed by atoms with Crippen molar-refractivity contribution in [3.8, 4) is 0 Å². The Labute approximate surface area is 123 Å². The zero-order chi connectivity index (χ0) is 14.8. The van der Waals surface area contributed by atoms with Crippen molar-refractivity contribution in [3.05, 3.63) is 12.2 Å². The van der Waals surface area contributed by atoms with Crippen LogP contribution in [0.1, 0.15) is 47.0 Å². The summed E-state index contributed by atoms with van der Waals surface area (Å²) >= 11 is 0. The number of aliphatic imine (C=N–C) groups is 2. The number of allylic oxidation sites excluding steroid dienone is 1. The number of hydrogen-bond acceptors (Lipinski definition) is 4. The lowest BCUT2D eigenvalue weighted by molar-refractivity contribution is 0.242. The maximum absolute atomic E-state index is 5.39. The second kappa shape index (κ2) is 8.77. The van der Waals surface area contributed by atoms with Crippen LogP contribution in [0.5, 0.6) is 0 Å². The minimum atomic E-state index is 0.0976. The monoisotopic (exact) mass is 280 g/mol. The Bertz CT molecular complexity index is 365. The second-order valence-electron chi connectivity index (χ2n) is 5.89. The van der Waals surface area contributed by atoms with E-state index in [-0.39, 0.29) is 5.41 Å². The van der Waals surface area contributed by atoms with E-state index in [0.717, 1.165) is 57.4 Å². The molecule has 0 spiro atoms. The first-order valence-corrected chi connectivity index (χ1v) is 7.49. The molecule has 4 heteroatoms. The first-order valence-electron chi connectivity index (χ1n) is 7.49. The normalized spacial score (nSPS) is 19.2. The van der Waals surface area contributed by atoms with Gasteiger partial charge in [-0.1, -0.05) is 32.9 Å². The molecule has 4 nitrogen and oxygen atoms in total. The molecule has 20 heavy (non-hydrogen) atoms. The minimum absolute atomic E-state index is 0.0976. The van der Waals surface area contributed by atoms with Crippen LogP contribution in [-0.2, 0) is 9.47 Å². The van der Waals surface area contributed by atoms with E-state index < -0.39 is 0 Å². The molecule has 0 aliphatic carbocycles. The van der Waals surface area contributed by atoms with Crippen LogP contribution in [0.3, 0.4) is 0 Å². The smallest absolute Gasteiger partial charge is 0.188 e. The molecule has 0 aromatic rings. The van der Waals surface area contributed by atoms with Crippen molar-refractivity contribution in [3.63, 3.8) is 0 Å². The third kappa shape index (κ3) is 6.73. The van der Waals surface area contributed by atoms with Crippen molar-refractivity contribution < 1.29 is 9.47 Å². The van der Waals surface area contributed by atoms with Crippen molar-refractivity contribution in [2.45, 2.75) is 47.0 Å². The van der Waals surface area contributed by atoms with Gasteiger partial charge in [-0.15, -0.1) is 0 Å². The highest BCUT2D eigenvalue weighted by Gasteiger charge is 2.21. The van der Waals surface area contributed by atoms with E-state index in [1.807, 2.05) is 13.0 Å². The van der Waals surface area contributed by atoms with E-state index in [4.69, 9.17) is 9.47 Å². The van der Waals surface area contributed by atoms with E-state index in [9.17, 15) is 0 Å². The molecule has 0 fully saturated rings. The molecule has 0 unspecified atom stereocenters. The van der Waals surface area contributed by atoms with Gasteiger partial charge in [0.05, 0.1) is 13.2 Å². The summed E-state index contributed by atoms with van der Waals surface area (Å²) in [5.74, 6) is 1.81. The lowest BCUT2D eigenvalue weighted by atomic mass is 9.96. The molecule has 0 aromatic heterocycles. The second-order valence-corrected chi connectivity index (χ2v) is 5.89. The van der Waals surface area contributed by atoms with Crippen molar-refractivity contribution in [2.24, 2.45) is 15.4 Å². The molecule has 114 valence electrons. The van der Waals surface area contributed by atoms with Crippen LogP contribution < -0.4 is 0 Å². The van der Waals surface area contributed by atoms with Crippen LogP contribution in [0, 0.1) is 5.41 Å². The van der Waals surface area contributed by atoms with Crippen LogP contribution in [0.2, 0.25) is 0 Å². The molecular weight excluding hydrogens is 252 g/mol. The maximum Gasteiger partial charge on any atom is 0.188 e. The summed E-state index contributed by atoms with van der Waals surface area (Å²) in [5, 5.41) is 0. The molecule has 2 aliphatic rings. The first-order chi connectivity index (χ1) is 9.54. The summed E-state index contributed by atoms with van der Waals surface area (Å²) in [7, 11) is 0. The summed E-state index contributed by atoms with van der Waals surface area (Å²) in [6.07, 6.45) is 7.07. The molecule has 0 saturated carbocycles. The molecule has 2 rings (SSSR count). The highest BCUT2D eigenvalue weighted by molar-refractivity contribution is 5.81. The predicted octanol–water partition coefficient (Wildman–Crippen LogP) is 3.62. The molecule has 0 atom stereocenters. The van der Waals surface area contributed by atoms with Crippen LogP contribution in [0.25, 0.3) is 0 Å². The third-order valence-corrected chi connectivity index (χ3v) is 2.83. The molecular formula is C16H28N2O2. The number of nitrogens with zero attached hydrogens (tertiary/aromatic N) is 2. The van der Waals surface area contributed by atoms with Gasteiger partial charge in [0.2, 0.25) is 0 Å². The van der Waals surface area contributed by atoms with Gasteiger partial charge in [-0.2, -0.15) is 0 Å². The Hall–Kier alpha value is -1.32. The lowest BCUT2D eigenvalue weighted by Gasteiger charge is -2.24. The van der Waals surface area contributed by atoms with Crippen LogP contribution in [-0.4, -0.2) is 38.1 Å². The van der Waals surface area contributed by atoms with Gasteiger partial charge in [0.1, 0.15) is 0 Å². The molecule has 0 amide bonds. The van der Waals surface area contributed by atoms with Crippen LogP contribution >= 0.6 is 0 Å². The van der Waals surface area contributed by atoms with E-state index in [2.05, 4.69) is 36.8 Å². The quantitative estimate of drug-likeness (QED) is 0.725. The fraction of sp³-hybridized carbons (Fsp3) is 0.750. The lowest BCUT2D eigenvalue weighted by Crippen LogP contribution is -2.27. The SMILES string of the molecule is CC(C)(C)C1=NCCCO1.CC=CCC1=NCCCO1. The highest BCUT2D eigenvalue weighted by Crippen LogP contribution is 2.19. The largest absolute Gasteiger partial charge is 0.481 e. The summed E-state index contributed by atoms with van der Waals surface area (Å²) in [5.41, 5.74) is 0.0976. The van der Waals surface area contributed by atoms with E-state index in [0.29, 0.717) is 0 Å². The Morgan fingerprint density at radius 3 is 2.10 bits per heavy atom.